The molecule has 0 aromatic heterocycles. The first kappa shape index (κ1) is 12.3. The van der Waals surface area contributed by atoms with Gasteiger partial charge >= 0.3 is 8.80 Å². The third-order valence-electron chi connectivity index (χ3n) is 1.69. The molecule has 0 heterocycles. The summed E-state index contributed by atoms with van der Waals surface area (Å²) in [6.45, 7) is 0. The topological polar surface area (TPSA) is 115 Å². The summed E-state index contributed by atoms with van der Waals surface area (Å²) >= 11 is 0. The average Bonchev–Trinajstić information content (AvgIpc) is 2.00. The number of rotatable bonds is 3. The molecule has 0 saturated heterocycles. The zero-order valence-electron chi connectivity index (χ0n) is 7.53. The van der Waals surface area contributed by atoms with Crippen LogP contribution in [0.3, 0.4) is 0 Å². The molecular formula is C7H10O6SSi. The Morgan fingerprint density at radius 1 is 1.07 bits per heavy atom. The number of benzene rings is 1. The molecule has 0 fully saturated rings. The van der Waals surface area contributed by atoms with Crippen LogP contribution in [-0.2, 0) is 15.9 Å². The summed E-state index contributed by atoms with van der Waals surface area (Å²) < 4.78 is 29.5. The normalized spacial score (nSPS) is 12.8. The second-order valence-corrected chi connectivity index (χ2v) is 6.36. The molecule has 4 N–H and O–H groups in total. The lowest BCUT2D eigenvalue weighted by atomic mass is 10.2. The SMILES string of the molecule is O=S(=O)(O)Cc1ccc([Si](O)(O)O)cc1. The molecule has 0 unspecified atom stereocenters. The molecule has 8 heteroatoms. The van der Waals surface area contributed by atoms with Crippen molar-refractivity contribution in [2.45, 2.75) is 5.75 Å². The van der Waals surface area contributed by atoms with E-state index in [1.165, 1.54) is 24.3 Å². The molecule has 0 aliphatic rings. The zero-order valence-corrected chi connectivity index (χ0v) is 9.35. The van der Waals surface area contributed by atoms with Gasteiger partial charge in [-0.15, -0.1) is 0 Å². The Bertz CT molecular complexity index is 432. The van der Waals surface area contributed by atoms with Gasteiger partial charge in [0.15, 0.2) is 0 Å². The van der Waals surface area contributed by atoms with Crippen molar-refractivity contribution >= 4 is 24.1 Å². The molecular weight excluding hydrogens is 240 g/mol. The zero-order chi connectivity index (χ0) is 11.7. The Hall–Kier alpha value is -0.773. The second-order valence-electron chi connectivity index (χ2n) is 3.06. The van der Waals surface area contributed by atoms with E-state index in [0.717, 1.165) is 0 Å². The minimum Gasteiger partial charge on any atom is -0.386 e. The Labute approximate surface area is 87.6 Å². The lowest BCUT2D eigenvalue weighted by Crippen LogP contribution is -2.48. The van der Waals surface area contributed by atoms with Crippen LogP contribution < -0.4 is 5.19 Å². The van der Waals surface area contributed by atoms with Crippen LogP contribution in [0.25, 0.3) is 0 Å². The van der Waals surface area contributed by atoms with E-state index < -0.39 is 24.7 Å². The molecule has 15 heavy (non-hydrogen) atoms. The molecule has 0 amide bonds. The van der Waals surface area contributed by atoms with Gasteiger partial charge in [0, 0.05) is 5.19 Å². The van der Waals surface area contributed by atoms with Gasteiger partial charge in [-0.2, -0.15) is 8.42 Å². The standard InChI is InChI=1S/C7H10O6SSi/c8-14(9,10)5-6-1-3-7(4-2-6)15(11,12)13/h1-4,11-13H,5H2,(H,8,9,10). The maximum Gasteiger partial charge on any atom is 0.528 e. The van der Waals surface area contributed by atoms with Crippen molar-refractivity contribution in [3.8, 4) is 0 Å². The third kappa shape index (κ3) is 4.07. The minimum atomic E-state index is -4.33. The van der Waals surface area contributed by atoms with Crippen LogP contribution >= 0.6 is 0 Å². The summed E-state index contributed by atoms with van der Waals surface area (Å²) in [5.74, 6) is -0.551. The van der Waals surface area contributed by atoms with Gasteiger partial charge in [0.05, 0.1) is 0 Å². The average molecular weight is 250 g/mol. The van der Waals surface area contributed by atoms with E-state index in [1.807, 2.05) is 0 Å². The van der Waals surface area contributed by atoms with Crippen molar-refractivity contribution in [3.63, 3.8) is 0 Å². The van der Waals surface area contributed by atoms with E-state index >= 15 is 0 Å². The van der Waals surface area contributed by atoms with Crippen LogP contribution in [-0.4, -0.2) is 36.2 Å². The van der Waals surface area contributed by atoms with Crippen LogP contribution in [0.2, 0.25) is 0 Å². The fraction of sp³-hybridized carbons (Fsp3) is 0.143. The molecule has 84 valence electrons. The van der Waals surface area contributed by atoms with Gasteiger partial charge in [-0.05, 0) is 5.56 Å². The van der Waals surface area contributed by atoms with Gasteiger partial charge in [0.25, 0.3) is 10.1 Å². The largest absolute Gasteiger partial charge is 0.528 e. The van der Waals surface area contributed by atoms with Crippen LogP contribution in [0.15, 0.2) is 24.3 Å². The molecule has 1 rings (SSSR count). The van der Waals surface area contributed by atoms with Gasteiger partial charge in [-0.3, -0.25) is 4.55 Å². The molecule has 0 spiro atoms. The summed E-state index contributed by atoms with van der Waals surface area (Å²) in [6.07, 6.45) is 0. The van der Waals surface area contributed by atoms with Crippen molar-refractivity contribution in [1.29, 1.82) is 0 Å². The number of hydrogen-bond donors (Lipinski definition) is 4. The van der Waals surface area contributed by atoms with E-state index in [0.29, 0.717) is 5.56 Å². The van der Waals surface area contributed by atoms with E-state index in [-0.39, 0.29) is 5.19 Å². The van der Waals surface area contributed by atoms with Gasteiger partial charge in [-0.1, -0.05) is 24.3 Å². The summed E-state index contributed by atoms with van der Waals surface area (Å²) in [4.78, 5) is 26.7. The Kier molecular flexibility index (Phi) is 3.28. The highest BCUT2D eigenvalue weighted by Gasteiger charge is 2.29. The molecule has 6 nitrogen and oxygen atoms in total. The summed E-state index contributed by atoms with van der Waals surface area (Å²) in [6, 6.07) is 4.97. The molecule has 0 saturated carbocycles. The van der Waals surface area contributed by atoms with Crippen LogP contribution in [0.4, 0.5) is 0 Å². The number of hydrogen-bond acceptors (Lipinski definition) is 5. The Balaban J connectivity index is 2.91. The van der Waals surface area contributed by atoms with Crippen molar-refractivity contribution in [1.82, 2.24) is 0 Å². The minimum absolute atomic E-state index is 0.0541. The third-order valence-corrected chi connectivity index (χ3v) is 3.50. The highest BCUT2D eigenvalue weighted by Crippen LogP contribution is 2.03. The first-order valence-electron chi connectivity index (χ1n) is 3.90. The predicted molar refractivity (Wildman–Crippen MR) is 53.7 cm³/mol. The quantitative estimate of drug-likeness (QED) is 0.371. The van der Waals surface area contributed by atoms with Crippen molar-refractivity contribution in [2.75, 3.05) is 0 Å². The van der Waals surface area contributed by atoms with Gasteiger partial charge < -0.3 is 14.4 Å². The van der Waals surface area contributed by atoms with Crippen LogP contribution in [0, 0.1) is 0 Å². The maximum absolute atomic E-state index is 10.5. The highest BCUT2D eigenvalue weighted by molar-refractivity contribution is 7.85. The summed E-state index contributed by atoms with van der Waals surface area (Å²) in [7, 11) is -8.43. The molecule has 0 bridgehead atoms. The molecule has 1 aromatic carbocycles. The van der Waals surface area contributed by atoms with Crippen LogP contribution in [0.1, 0.15) is 5.56 Å². The first-order valence-corrected chi connectivity index (χ1v) is 7.35. The van der Waals surface area contributed by atoms with Crippen molar-refractivity contribution in [2.24, 2.45) is 0 Å². The predicted octanol–water partition coefficient (Wildman–Crippen LogP) is -1.80. The second kappa shape index (κ2) is 4.00. The monoisotopic (exact) mass is 250 g/mol. The van der Waals surface area contributed by atoms with Crippen molar-refractivity contribution in [3.05, 3.63) is 29.8 Å². The molecule has 0 aliphatic carbocycles. The Morgan fingerprint density at radius 3 is 1.87 bits per heavy atom. The lowest BCUT2D eigenvalue weighted by molar-refractivity contribution is 0.249. The van der Waals surface area contributed by atoms with Gasteiger partial charge in [0.2, 0.25) is 0 Å². The molecule has 0 aliphatic heterocycles. The Morgan fingerprint density at radius 2 is 1.53 bits per heavy atom. The van der Waals surface area contributed by atoms with Crippen LogP contribution in [0.5, 0.6) is 0 Å². The van der Waals surface area contributed by atoms with E-state index in [9.17, 15) is 8.42 Å². The van der Waals surface area contributed by atoms with E-state index in [4.69, 9.17) is 18.9 Å². The highest BCUT2D eigenvalue weighted by atomic mass is 32.2. The maximum atomic E-state index is 10.5. The first-order chi connectivity index (χ1) is 6.68. The summed E-state index contributed by atoms with van der Waals surface area (Å²) in [5, 5.41) is -0.0541. The van der Waals surface area contributed by atoms with E-state index in [2.05, 4.69) is 0 Å². The smallest absolute Gasteiger partial charge is 0.386 e. The van der Waals surface area contributed by atoms with E-state index in [1.54, 1.807) is 0 Å². The lowest BCUT2D eigenvalue weighted by Gasteiger charge is -2.09. The van der Waals surface area contributed by atoms with Gasteiger partial charge in [0.1, 0.15) is 5.75 Å². The fourth-order valence-corrected chi connectivity index (χ4v) is 2.26. The molecule has 0 atom stereocenters. The summed E-state index contributed by atoms with van der Waals surface area (Å²) in [5.41, 5.74) is 0.291. The molecule has 1 aromatic rings. The van der Waals surface area contributed by atoms with Crippen molar-refractivity contribution < 1.29 is 27.4 Å². The van der Waals surface area contributed by atoms with Gasteiger partial charge in [-0.25, -0.2) is 0 Å². The fourth-order valence-electron chi connectivity index (χ4n) is 1.04. The molecule has 0 radical (unpaired) electrons.